The van der Waals surface area contributed by atoms with Gasteiger partial charge in [-0.1, -0.05) is 54.6 Å². The second kappa shape index (κ2) is 7.44. The van der Waals surface area contributed by atoms with Gasteiger partial charge in [-0.15, -0.1) is 0 Å². The van der Waals surface area contributed by atoms with Gasteiger partial charge in [-0.25, -0.2) is 0 Å². The molecule has 4 heteroatoms. The minimum Gasteiger partial charge on any atom is -0.352 e. The summed E-state index contributed by atoms with van der Waals surface area (Å²) < 4.78 is 2.10. The summed E-state index contributed by atoms with van der Waals surface area (Å²) in [5.74, 6) is 1.22. The molecule has 1 aromatic heterocycles. The lowest BCUT2D eigenvalue weighted by molar-refractivity contribution is 0.260. The Hall–Kier alpha value is -2.59. The first-order chi connectivity index (χ1) is 13.8. The molecule has 0 saturated carbocycles. The third kappa shape index (κ3) is 3.22. The molecule has 0 radical (unpaired) electrons. The van der Waals surface area contributed by atoms with Crippen molar-refractivity contribution >= 4 is 5.82 Å². The van der Waals surface area contributed by atoms with Gasteiger partial charge >= 0.3 is 0 Å². The summed E-state index contributed by atoms with van der Waals surface area (Å²) in [4.78, 5) is 5.10. The van der Waals surface area contributed by atoms with Crippen LogP contribution in [0.25, 0.3) is 11.3 Å². The molecule has 1 saturated heterocycles. The molecule has 0 N–H and O–H groups in total. The molecule has 28 heavy (non-hydrogen) atoms. The summed E-state index contributed by atoms with van der Waals surface area (Å²) in [6, 6.07) is 19.6. The van der Waals surface area contributed by atoms with E-state index in [1.165, 1.54) is 33.8 Å². The second-order valence-electron chi connectivity index (χ2n) is 8.00. The van der Waals surface area contributed by atoms with Gasteiger partial charge in [0.15, 0.2) is 5.82 Å². The number of hydrogen-bond acceptors (Lipinski definition) is 3. The summed E-state index contributed by atoms with van der Waals surface area (Å²) in [6.07, 6.45) is 3.36. The average molecular weight is 373 g/mol. The second-order valence-corrected chi connectivity index (χ2v) is 8.00. The summed E-state index contributed by atoms with van der Waals surface area (Å²) in [6.45, 7) is 5.52. The largest absolute Gasteiger partial charge is 0.352 e. The van der Waals surface area contributed by atoms with Gasteiger partial charge in [-0.05, 0) is 30.4 Å². The third-order valence-corrected chi connectivity index (χ3v) is 6.27. The van der Waals surface area contributed by atoms with Crippen LogP contribution in [-0.2, 0) is 26.3 Å². The maximum atomic E-state index is 4.96. The maximum Gasteiger partial charge on any atom is 0.154 e. The molecule has 0 atom stereocenters. The summed E-state index contributed by atoms with van der Waals surface area (Å²) in [5, 5.41) is 4.96. The molecular formula is C24H28N4. The number of benzene rings is 2. The Morgan fingerprint density at radius 2 is 1.61 bits per heavy atom. The Kier molecular flexibility index (Phi) is 4.65. The van der Waals surface area contributed by atoms with Crippen molar-refractivity contribution in [3.05, 3.63) is 71.3 Å². The zero-order chi connectivity index (χ0) is 18.9. The van der Waals surface area contributed by atoms with E-state index in [9.17, 15) is 0 Å². The molecule has 1 aliphatic carbocycles. The van der Waals surface area contributed by atoms with Crippen LogP contribution in [0.3, 0.4) is 0 Å². The van der Waals surface area contributed by atoms with Crippen LogP contribution in [0.2, 0.25) is 0 Å². The Balaban J connectivity index is 1.28. The quantitative estimate of drug-likeness (QED) is 0.700. The molecule has 2 aliphatic rings. The van der Waals surface area contributed by atoms with E-state index in [0.717, 1.165) is 52.0 Å². The fraction of sp³-hybridized carbons (Fsp3) is 0.375. The predicted molar refractivity (Wildman–Crippen MR) is 115 cm³/mol. The van der Waals surface area contributed by atoms with Crippen molar-refractivity contribution in [2.75, 3.05) is 37.6 Å². The van der Waals surface area contributed by atoms with Crippen LogP contribution in [0.5, 0.6) is 0 Å². The summed E-state index contributed by atoms with van der Waals surface area (Å²) in [5.41, 5.74) is 7.02. The molecule has 144 valence electrons. The van der Waals surface area contributed by atoms with E-state index in [2.05, 4.69) is 76.1 Å². The van der Waals surface area contributed by atoms with Crippen molar-refractivity contribution in [2.24, 2.45) is 7.05 Å². The van der Waals surface area contributed by atoms with E-state index in [4.69, 9.17) is 5.10 Å². The third-order valence-electron chi connectivity index (χ3n) is 6.27. The van der Waals surface area contributed by atoms with Gasteiger partial charge in [-0.2, -0.15) is 5.10 Å². The molecule has 0 unspecified atom stereocenters. The maximum absolute atomic E-state index is 4.96. The van der Waals surface area contributed by atoms with Crippen molar-refractivity contribution in [3.63, 3.8) is 0 Å². The van der Waals surface area contributed by atoms with Crippen molar-refractivity contribution in [2.45, 2.75) is 19.3 Å². The number of fused-ring (bicyclic) bond motifs is 3. The van der Waals surface area contributed by atoms with E-state index < -0.39 is 0 Å². The van der Waals surface area contributed by atoms with Crippen molar-refractivity contribution in [1.29, 1.82) is 0 Å². The Labute approximate surface area is 167 Å². The Morgan fingerprint density at radius 1 is 0.857 bits per heavy atom. The standard InChI is InChI=1S/C24H28N4/c1-26-23-21-10-6-5-9-20(21)11-12-22(23)24(25-26)28-17-15-27(16-18-28)14-13-19-7-3-2-4-8-19/h2-10H,11-18H2,1H3. The first-order valence-corrected chi connectivity index (χ1v) is 10.4. The molecule has 3 aromatic rings. The highest BCUT2D eigenvalue weighted by Gasteiger charge is 2.28. The topological polar surface area (TPSA) is 24.3 Å². The minimum atomic E-state index is 1.07. The van der Waals surface area contributed by atoms with Crippen LogP contribution in [0.4, 0.5) is 5.82 Å². The van der Waals surface area contributed by atoms with E-state index in [1.807, 2.05) is 0 Å². The van der Waals surface area contributed by atoms with Gasteiger partial charge in [-0.3, -0.25) is 9.58 Å². The first-order valence-electron chi connectivity index (χ1n) is 10.4. The van der Waals surface area contributed by atoms with Crippen molar-refractivity contribution in [3.8, 4) is 11.3 Å². The average Bonchev–Trinajstić information content (AvgIpc) is 3.10. The SMILES string of the molecule is Cn1nc(N2CCN(CCc3ccccc3)CC2)c2c1-c1ccccc1CC2. The lowest BCUT2D eigenvalue weighted by Crippen LogP contribution is -2.47. The normalized spacial score (nSPS) is 16.7. The molecule has 5 rings (SSSR count). The molecule has 1 aliphatic heterocycles. The van der Waals surface area contributed by atoms with Crippen LogP contribution < -0.4 is 4.90 Å². The molecule has 2 aromatic carbocycles. The number of aromatic nitrogens is 2. The number of piperazine rings is 1. The van der Waals surface area contributed by atoms with Gasteiger partial charge in [0, 0.05) is 50.9 Å². The zero-order valence-electron chi connectivity index (χ0n) is 16.6. The van der Waals surface area contributed by atoms with Gasteiger partial charge in [0.1, 0.15) is 0 Å². The minimum absolute atomic E-state index is 1.07. The Morgan fingerprint density at radius 3 is 2.43 bits per heavy atom. The zero-order valence-corrected chi connectivity index (χ0v) is 16.6. The molecule has 4 nitrogen and oxygen atoms in total. The molecule has 0 amide bonds. The number of rotatable bonds is 4. The summed E-state index contributed by atoms with van der Waals surface area (Å²) >= 11 is 0. The van der Waals surface area contributed by atoms with Crippen LogP contribution in [0, 0.1) is 0 Å². The van der Waals surface area contributed by atoms with E-state index >= 15 is 0 Å². The predicted octanol–water partition coefficient (Wildman–Crippen LogP) is 3.55. The van der Waals surface area contributed by atoms with Crippen molar-refractivity contribution < 1.29 is 0 Å². The molecule has 0 bridgehead atoms. The highest BCUT2D eigenvalue weighted by Crippen LogP contribution is 2.38. The smallest absolute Gasteiger partial charge is 0.154 e. The van der Waals surface area contributed by atoms with Crippen LogP contribution in [0.1, 0.15) is 16.7 Å². The number of aryl methyl sites for hydroxylation is 2. The van der Waals surface area contributed by atoms with Gasteiger partial charge < -0.3 is 4.90 Å². The van der Waals surface area contributed by atoms with Crippen LogP contribution in [0.15, 0.2) is 54.6 Å². The first kappa shape index (κ1) is 17.5. The number of nitrogens with zero attached hydrogens (tertiary/aromatic N) is 4. The number of anilines is 1. The lowest BCUT2D eigenvalue weighted by Gasteiger charge is -2.35. The summed E-state index contributed by atoms with van der Waals surface area (Å²) in [7, 11) is 2.10. The fourth-order valence-corrected chi connectivity index (χ4v) is 4.72. The van der Waals surface area contributed by atoms with E-state index in [0.29, 0.717) is 0 Å². The highest BCUT2D eigenvalue weighted by molar-refractivity contribution is 5.75. The Bertz CT molecular complexity index is 952. The lowest BCUT2D eigenvalue weighted by atomic mass is 9.89. The molecule has 0 spiro atoms. The molecular weight excluding hydrogens is 344 g/mol. The van der Waals surface area contributed by atoms with Crippen LogP contribution >= 0.6 is 0 Å². The van der Waals surface area contributed by atoms with E-state index in [1.54, 1.807) is 0 Å². The number of hydrogen-bond donors (Lipinski definition) is 0. The molecule has 2 heterocycles. The van der Waals surface area contributed by atoms with Crippen LogP contribution in [-0.4, -0.2) is 47.4 Å². The van der Waals surface area contributed by atoms with Gasteiger partial charge in [0.05, 0.1) is 5.69 Å². The highest BCUT2D eigenvalue weighted by atomic mass is 15.4. The monoisotopic (exact) mass is 372 g/mol. The van der Waals surface area contributed by atoms with Gasteiger partial charge in [0.2, 0.25) is 0 Å². The van der Waals surface area contributed by atoms with E-state index in [-0.39, 0.29) is 0 Å². The van der Waals surface area contributed by atoms with Gasteiger partial charge in [0.25, 0.3) is 0 Å². The fourth-order valence-electron chi connectivity index (χ4n) is 4.72. The van der Waals surface area contributed by atoms with Crippen molar-refractivity contribution in [1.82, 2.24) is 14.7 Å². The molecule has 1 fully saturated rings.